The maximum Gasteiger partial charge on any atom is 0.163 e. The highest BCUT2D eigenvalue weighted by molar-refractivity contribution is 5.87. The Morgan fingerprint density at radius 3 is 2.62 bits per heavy atom. The molecule has 0 radical (unpaired) electrons. The molecule has 0 N–H and O–H groups in total. The molecule has 0 spiro atoms. The quantitative estimate of drug-likeness (QED) is 0.735. The average Bonchev–Trinajstić information content (AvgIpc) is 3.02. The summed E-state index contributed by atoms with van der Waals surface area (Å²) < 4.78 is 7.29. The standard InChI is InChI=1S/C18H21N5O/c1-22-17-15(13-19-22)18(23-9-11-24-12-10-23)21-16(20-17)8-7-14-5-3-2-4-6-14/h2-6,13H,7-12H2,1H3. The molecule has 1 saturated heterocycles. The highest BCUT2D eigenvalue weighted by atomic mass is 16.5. The molecule has 1 fully saturated rings. The molecule has 2 aromatic heterocycles. The van der Waals surface area contributed by atoms with Gasteiger partial charge in [-0.05, 0) is 12.0 Å². The molecular formula is C18H21N5O. The van der Waals surface area contributed by atoms with Gasteiger partial charge in [0.25, 0.3) is 0 Å². The number of aryl methyl sites for hydroxylation is 3. The molecule has 0 unspecified atom stereocenters. The zero-order chi connectivity index (χ0) is 16.4. The molecule has 1 aliphatic heterocycles. The molecule has 3 heterocycles. The van der Waals surface area contributed by atoms with Gasteiger partial charge in [-0.1, -0.05) is 30.3 Å². The van der Waals surface area contributed by atoms with Crippen molar-refractivity contribution in [2.45, 2.75) is 12.8 Å². The van der Waals surface area contributed by atoms with E-state index in [4.69, 9.17) is 14.7 Å². The number of hydrogen-bond acceptors (Lipinski definition) is 5. The molecular weight excluding hydrogens is 302 g/mol. The Morgan fingerprint density at radius 2 is 1.83 bits per heavy atom. The number of rotatable bonds is 4. The zero-order valence-corrected chi connectivity index (χ0v) is 13.9. The van der Waals surface area contributed by atoms with Gasteiger partial charge in [0.05, 0.1) is 24.8 Å². The third-order valence-electron chi connectivity index (χ3n) is 4.41. The summed E-state index contributed by atoms with van der Waals surface area (Å²) in [5, 5.41) is 5.38. The van der Waals surface area contributed by atoms with E-state index in [1.807, 2.05) is 24.0 Å². The summed E-state index contributed by atoms with van der Waals surface area (Å²) in [5.41, 5.74) is 2.20. The number of morpholine rings is 1. The fraction of sp³-hybridized carbons (Fsp3) is 0.389. The average molecular weight is 323 g/mol. The third kappa shape index (κ3) is 2.97. The minimum atomic E-state index is 0.741. The molecule has 0 amide bonds. The second-order valence-corrected chi connectivity index (χ2v) is 6.05. The van der Waals surface area contributed by atoms with E-state index in [9.17, 15) is 0 Å². The molecule has 0 saturated carbocycles. The van der Waals surface area contributed by atoms with Gasteiger partial charge in [0, 0.05) is 26.6 Å². The highest BCUT2D eigenvalue weighted by Crippen LogP contribution is 2.24. The Hall–Kier alpha value is -2.47. The van der Waals surface area contributed by atoms with Gasteiger partial charge < -0.3 is 9.64 Å². The molecule has 6 nitrogen and oxygen atoms in total. The zero-order valence-electron chi connectivity index (χ0n) is 13.9. The fourth-order valence-corrected chi connectivity index (χ4v) is 3.08. The maximum atomic E-state index is 5.47. The van der Waals surface area contributed by atoms with Crippen LogP contribution in [0.5, 0.6) is 0 Å². The Bertz CT molecular complexity index is 824. The van der Waals surface area contributed by atoms with Crippen molar-refractivity contribution in [1.29, 1.82) is 0 Å². The van der Waals surface area contributed by atoms with Crippen LogP contribution in [0.3, 0.4) is 0 Å². The van der Waals surface area contributed by atoms with E-state index in [1.54, 1.807) is 0 Å². The summed E-state index contributed by atoms with van der Waals surface area (Å²) in [7, 11) is 1.93. The van der Waals surface area contributed by atoms with Crippen LogP contribution in [0, 0.1) is 0 Å². The van der Waals surface area contributed by atoms with Crippen LogP contribution in [0.25, 0.3) is 11.0 Å². The Labute approximate surface area is 141 Å². The van der Waals surface area contributed by atoms with Gasteiger partial charge in [-0.2, -0.15) is 5.10 Å². The molecule has 6 heteroatoms. The smallest absolute Gasteiger partial charge is 0.163 e. The third-order valence-corrected chi connectivity index (χ3v) is 4.41. The summed E-state index contributed by atoms with van der Waals surface area (Å²) in [4.78, 5) is 11.9. The fourth-order valence-electron chi connectivity index (χ4n) is 3.08. The van der Waals surface area contributed by atoms with Crippen LogP contribution in [0.4, 0.5) is 5.82 Å². The van der Waals surface area contributed by atoms with Crippen LogP contribution in [0.15, 0.2) is 36.5 Å². The van der Waals surface area contributed by atoms with Crippen LogP contribution in [0.2, 0.25) is 0 Å². The summed E-state index contributed by atoms with van der Waals surface area (Å²) in [5.74, 6) is 1.86. The van der Waals surface area contributed by atoms with Crippen molar-refractivity contribution in [3.05, 3.63) is 47.9 Å². The lowest BCUT2D eigenvalue weighted by molar-refractivity contribution is 0.122. The van der Waals surface area contributed by atoms with E-state index in [0.717, 1.165) is 61.8 Å². The summed E-state index contributed by atoms with van der Waals surface area (Å²) in [6.45, 7) is 3.20. The predicted molar refractivity (Wildman–Crippen MR) is 93.2 cm³/mol. The highest BCUT2D eigenvalue weighted by Gasteiger charge is 2.19. The molecule has 124 valence electrons. The Balaban J connectivity index is 1.66. The molecule has 3 aromatic rings. The van der Waals surface area contributed by atoms with Crippen LogP contribution in [-0.2, 0) is 24.6 Å². The number of fused-ring (bicyclic) bond motifs is 1. The van der Waals surface area contributed by atoms with Crippen LogP contribution in [-0.4, -0.2) is 46.1 Å². The lowest BCUT2D eigenvalue weighted by Crippen LogP contribution is -2.37. The predicted octanol–water partition coefficient (Wildman–Crippen LogP) is 1.99. The van der Waals surface area contributed by atoms with E-state index in [1.165, 1.54) is 5.56 Å². The topological polar surface area (TPSA) is 56.1 Å². The SMILES string of the molecule is Cn1ncc2c(N3CCOCC3)nc(CCc3ccccc3)nc21. The van der Waals surface area contributed by atoms with Gasteiger partial charge in [0.1, 0.15) is 11.6 Å². The van der Waals surface area contributed by atoms with E-state index < -0.39 is 0 Å². The number of nitrogens with zero attached hydrogens (tertiary/aromatic N) is 5. The van der Waals surface area contributed by atoms with E-state index in [0.29, 0.717) is 0 Å². The summed E-state index contributed by atoms with van der Waals surface area (Å²) in [6, 6.07) is 10.5. The molecule has 4 rings (SSSR count). The first-order valence-electron chi connectivity index (χ1n) is 8.36. The first kappa shape index (κ1) is 15.1. The number of anilines is 1. The molecule has 1 aromatic carbocycles. The second kappa shape index (κ2) is 6.57. The molecule has 0 bridgehead atoms. The molecule has 24 heavy (non-hydrogen) atoms. The minimum absolute atomic E-state index is 0.741. The van der Waals surface area contributed by atoms with Crippen molar-refractivity contribution < 1.29 is 4.74 Å². The van der Waals surface area contributed by atoms with Crippen molar-refractivity contribution in [1.82, 2.24) is 19.7 Å². The van der Waals surface area contributed by atoms with Gasteiger partial charge in [0.2, 0.25) is 0 Å². The van der Waals surface area contributed by atoms with Crippen molar-refractivity contribution in [3.63, 3.8) is 0 Å². The first-order valence-corrected chi connectivity index (χ1v) is 8.36. The van der Waals surface area contributed by atoms with E-state index in [-0.39, 0.29) is 0 Å². The van der Waals surface area contributed by atoms with Crippen LogP contribution >= 0.6 is 0 Å². The van der Waals surface area contributed by atoms with Gasteiger partial charge in [0.15, 0.2) is 5.65 Å². The van der Waals surface area contributed by atoms with Gasteiger partial charge >= 0.3 is 0 Å². The van der Waals surface area contributed by atoms with Crippen molar-refractivity contribution in [2.24, 2.45) is 7.05 Å². The largest absolute Gasteiger partial charge is 0.378 e. The molecule has 1 aliphatic rings. The van der Waals surface area contributed by atoms with Crippen molar-refractivity contribution in [2.75, 3.05) is 31.2 Å². The second-order valence-electron chi connectivity index (χ2n) is 6.05. The van der Waals surface area contributed by atoms with Crippen molar-refractivity contribution in [3.8, 4) is 0 Å². The lowest BCUT2D eigenvalue weighted by atomic mass is 10.1. The van der Waals surface area contributed by atoms with Crippen molar-refractivity contribution >= 4 is 16.9 Å². The van der Waals surface area contributed by atoms with Gasteiger partial charge in [-0.3, -0.25) is 4.68 Å². The number of benzene rings is 1. The first-order chi connectivity index (χ1) is 11.8. The van der Waals surface area contributed by atoms with E-state index in [2.05, 4.69) is 34.3 Å². The maximum absolute atomic E-state index is 5.47. The normalized spacial score (nSPS) is 15.1. The monoisotopic (exact) mass is 323 g/mol. The van der Waals surface area contributed by atoms with Gasteiger partial charge in [-0.15, -0.1) is 0 Å². The van der Waals surface area contributed by atoms with Crippen LogP contribution in [0.1, 0.15) is 11.4 Å². The Kier molecular flexibility index (Phi) is 4.13. The molecule has 0 atom stereocenters. The summed E-state index contributed by atoms with van der Waals surface area (Å²) >= 11 is 0. The molecule has 0 aliphatic carbocycles. The summed E-state index contributed by atoms with van der Waals surface area (Å²) in [6.07, 6.45) is 3.62. The number of ether oxygens (including phenoxy) is 1. The number of aromatic nitrogens is 4. The van der Waals surface area contributed by atoms with Crippen LogP contribution < -0.4 is 4.90 Å². The Morgan fingerprint density at radius 1 is 1.04 bits per heavy atom. The van der Waals surface area contributed by atoms with Gasteiger partial charge in [-0.25, -0.2) is 9.97 Å². The lowest BCUT2D eigenvalue weighted by Gasteiger charge is -2.28. The number of hydrogen-bond donors (Lipinski definition) is 0. The van der Waals surface area contributed by atoms with E-state index >= 15 is 0 Å². The minimum Gasteiger partial charge on any atom is -0.378 e.